The van der Waals surface area contributed by atoms with Gasteiger partial charge in [-0.15, -0.1) is 0 Å². The molecule has 1 heterocycles. The minimum atomic E-state index is -0.676. The number of benzene rings is 1. The summed E-state index contributed by atoms with van der Waals surface area (Å²) < 4.78 is 5.32. The van der Waals surface area contributed by atoms with E-state index in [2.05, 4.69) is 23.3 Å². The number of carbonyl (C=O) groups is 3. The fourth-order valence-corrected chi connectivity index (χ4v) is 2.88. The van der Waals surface area contributed by atoms with Crippen molar-refractivity contribution in [2.45, 2.75) is 38.5 Å². The minimum Gasteiger partial charge on any atom is -0.445 e. The van der Waals surface area contributed by atoms with Crippen LogP contribution in [0.1, 0.15) is 25.3 Å². The van der Waals surface area contributed by atoms with E-state index in [0.717, 1.165) is 12.0 Å². The van der Waals surface area contributed by atoms with Crippen LogP contribution in [-0.4, -0.2) is 53.7 Å². The summed E-state index contributed by atoms with van der Waals surface area (Å²) in [5, 5.41) is 5.33. The van der Waals surface area contributed by atoms with Gasteiger partial charge in [0.05, 0.1) is 0 Å². The third kappa shape index (κ3) is 5.66. The van der Waals surface area contributed by atoms with Gasteiger partial charge in [0.25, 0.3) is 0 Å². The molecule has 0 saturated carbocycles. The fourth-order valence-electron chi connectivity index (χ4n) is 2.77. The van der Waals surface area contributed by atoms with Gasteiger partial charge < -0.3 is 15.4 Å². The Hall–Kier alpha value is -2.22. The smallest absolute Gasteiger partial charge is 0.410 e. The summed E-state index contributed by atoms with van der Waals surface area (Å²) in [6, 6.07) is 8.08. The van der Waals surface area contributed by atoms with Gasteiger partial charge in [0.2, 0.25) is 11.8 Å². The molecular weight excluding hydrogens is 354 g/mol. The molecule has 1 aliphatic heterocycles. The molecule has 2 rings (SSSR count). The number of amides is 3. The first kappa shape index (κ1) is 20.1. The maximum Gasteiger partial charge on any atom is 0.410 e. The number of nitrogens with zero attached hydrogens (tertiary/aromatic N) is 1. The van der Waals surface area contributed by atoms with E-state index in [4.69, 9.17) is 4.74 Å². The Kier molecular flexibility index (Phi) is 7.77. The highest BCUT2D eigenvalue weighted by Gasteiger charge is 2.36. The predicted octanol–water partition coefficient (Wildman–Crippen LogP) is 1.34. The lowest BCUT2D eigenvalue weighted by molar-refractivity contribution is -0.130. The van der Waals surface area contributed by atoms with E-state index in [-0.39, 0.29) is 18.4 Å². The molecular formula is C18H25N3O4S. The van der Waals surface area contributed by atoms with E-state index in [0.29, 0.717) is 25.3 Å². The molecule has 0 aromatic heterocycles. The zero-order valence-electron chi connectivity index (χ0n) is 14.8. The Bertz CT molecular complexity index is 626. The maximum absolute atomic E-state index is 12.5. The molecule has 0 spiro atoms. The molecule has 1 aliphatic rings. The van der Waals surface area contributed by atoms with Gasteiger partial charge in [-0.05, 0) is 25.3 Å². The molecule has 0 unspecified atom stereocenters. The lowest BCUT2D eigenvalue weighted by Crippen LogP contribution is -2.52. The molecule has 0 aliphatic carbocycles. The third-order valence-corrected chi connectivity index (χ3v) is 4.38. The van der Waals surface area contributed by atoms with Gasteiger partial charge in [-0.3, -0.25) is 14.5 Å². The Balaban J connectivity index is 1.86. The Morgan fingerprint density at radius 3 is 2.73 bits per heavy atom. The molecule has 3 amide bonds. The minimum absolute atomic E-state index is 0.160. The number of rotatable bonds is 7. The van der Waals surface area contributed by atoms with Gasteiger partial charge in [0.15, 0.2) is 0 Å². The largest absolute Gasteiger partial charge is 0.445 e. The van der Waals surface area contributed by atoms with Crippen molar-refractivity contribution in [2.24, 2.45) is 0 Å². The van der Waals surface area contributed by atoms with Crippen LogP contribution >= 0.6 is 12.6 Å². The van der Waals surface area contributed by atoms with Crippen LogP contribution in [-0.2, 0) is 20.9 Å². The molecule has 1 aromatic rings. The van der Waals surface area contributed by atoms with Gasteiger partial charge >= 0.3 is 6.09 Å². The normalized spacial score (nSPS) is 17.5. The summed E-state index contributed by atoms with van der Waals surface area (Å²) in [6.07, 6.45) is 0.759. The van der Waals surface area contributed by atoms with Crippen LogP contribution in [0.5, 0.6) is 0 Å². The van der Waals surface area contributed by atoms with E-state index < -0.39 is 18.2 Å². The number of hydrogen-bond donors (Lipinski definition) is 3. The molecule has 1 fully saturated rings. The quantitative estimate of drug-likeness (QED) is 0.624. The van der Waals surface area contributed by atoms with Crippen LogP contribution in [0, 0.1) is 0 Å². The summed E-state index contributed by atoms with van der Waals surface area (Å²) in [4.78, 5) is 38.1. The van der Waals surface area contributed by atoms with Gasteiger partial charge in [-0.1, -0.05) is 30.3 Å². The summed E-state index contributed by atoms with van der Waals surface area (Å²) in [7, 11) is 0. The second kappa shape index (κ2) is 10.1. The zero-order valence-corrected chi connectivity index (χ0v) is 15.7. The molecule has 8 heteroatoms. The van der Waals surface area contributed by atoms with E-state index >= 15 is 0 Å². The monoisotopic (exact) mass is 379 g/mol. The standard InChI is InChI=1S/C18H25N3O4S/c1-13(16(22)19-9-11-26)20-17(23)15-8-5-10-21(15)18(24)25-12-14-6-3-2-4-7-14/h2-4,6-7,13,15,26H,5,8-12H2,1H3,(H,19,22)(H,20,23)/t13-,15-/m0/s1. The van der Waals surface area contributed by atoms with Crippen LogP contribution in [0.25, 0.3) is 0 Å². The van der Waals surface area contributed by atoms with Crippen molar-refractivity contribution in [1.29, 1.82) is 0 Å². The van der Waals surface area contributed by atoms with Crippen molar-refractivity contribution in [2.75, 3.05) is 18.8 Å². The van der Waals surface area contributed by atoms with E-state index in [9.17, 15) is 14.4 Å². The third-order valence-electron chi connectivity index (χ3n) is 4.16. The van der Waals surface area contributed by atoms with Crippen LogP contribution in [0.3, 0.4) is 0 Å². The van der Waals surface area contributed by atoms with E-state index in [1.165, 1.54) is 4.90 Å². The molecule has 2 N–H and O–H groups in total. The van der Waals surface area contributed by atoms with Crippen molar-refractivity contribution in [3.63, 3.8) is 0 Å². The molecule has 0 bridgehead atoms. The van der Waals surface area contributed by atoms with Crippen molar-refractivity contribution < 1.29 is 19.1 Å². The van der Waals surface area contributed by atoms with Crippen molar-refractivity contribution in [3.05, 3.63) is 35.9 Å². The summed E-state index contributed by atoms with van der Waals surface area (Å²) in [5.41, 5.74) is 0.885. The first-order valence-corrected chi connectivity index (χ1v) is 9.32. The van der Waals surface area contributed by atoms with Gasteiger partial charge in [-0.25, -0.2) is 4.79 Å². The number of nitrogens with one attached hydrogen (secondary N) is 2. The van der Waals surface area contributed by atoms with Crippen molar-refractivity contribution in [3.8, 4) is 0 Å². The van der Waals surface area contributed by atoms with Crippen LogP contribution < -0.4 is 10.6 Å². The first-order chi connectivity index (χ1) is 12.5. The van der Waals surface area contributed by atoms with Gasteiger partial charge in [0.1, 0.15) is 18.7 Å². The first-order valence-electron chi connectivity index (χ1n) is 8.69. The molecule has 142 valence electrons. The van der Waals surface area contributed by atoms with Crippen LogP contribution in [0.15, 0.2) is 30.3 Å². The van der Waals surface area contributed by atoms with Crippen molar-refractivity contribution >= 4 is 30.5 Å². The highest BCUT2D eigenvalue weighted by atomic mass is 32.1. The lowest BCUT2D eigenvalue weighted by Gasteiger charge is -2.24. The van der Waals surface area contributed by atoms with E-state index in [1.807, 2.05) is 30.3 Å². The zero-order chi connectivity index (χ0) is 18.9. The Morgan fingerprint density at radius 2 is 2.04 bits per heavy atom. The van der Waals surface area contributed by atoms with Crippen molar-refractivity contribution in [1.82, 2.24) is 15.5 Å². The van der Waals surface area contributed by atoms with Gasteiger partial charge in [0, 0.05) is 18.8 Å². The summed E-state index contributed by atoms with van der Waals surface area (Å²) >= 11 is 4.03. The molecule has 26 heavy (non-hydrogen) atoms. The molecule has 7 nitrogen and oxygen atoms in total. The second-order valence-electron chi connectivity index (χ2n) is 6.14. The average Bonchev–Trinajstić information content (AvgIpc) is 3.15. The highest BCUT2D eigenvalue weighted by molar-refractivity contribution is 7.80. The number of likely N-dealkylation sites (tertiary alicyclic amines) is 1. The lowest BCUT2D eigenvalue weighted by atomic mass is 10.2. The SMILES string of the molecule is C[C@H](NC(=O)[C@@H]1CCCN1C(=O)OCc1ccccc1)C(=O)NCCS. The van der Waals surface area contributed by atoms with Crippen LogP contribution in [0.2, 0.25) is 0 Å². The topological polar surface area (TPSA) is 87.7 Å². The number of carbonyl (C=O) groups excluding carboxylic acids is 3. The molecule has 1 saturated heterocycles. The molecule has 1 aromatic carbocycles. The second-order valence-corrected chi connectivity index (χ2v) is 6.58. The van der Waals surface area contributed by atoms with Crippen LogP contribution in [0.4, 0.5) is 4.79 Å². The summed E-state index contributed by atoms with van der Waals surface area (Å²) in [5.74, 6) is -0.0907. The number of hydrogen-bond acceptors (Lipinski definition) is 5. The Labute approximate surface area is 158 Å². The summed E-state index contributed by atoms with van der Waals surface area (Å²) in [6.45, 7) is 2.67. The fraction of sp³-hybridized carbons (Fsp3) is 0.500. The number of thiol groups is 1. The Morgan fingerprint density at radius 1 is 1.31 bits per heavy atom. The maximum atomic E-state index is 12.5. The average molecular weight is 379 g/mol. The molecule has 0 radical (unpaired) electrons. The van der Waals surface area contributed by atoms with Gasteiger partial charge in [-0.2, -0.15) is 12.6 Å². The highest BCUT2D eigenvalue weighted by Crippen LogP contribution is 2.19. The van der Waals surface area contributed by atoms with E-state index in [1.54, 1.807) is 6.92 Å². The predicted molar refractivity (Wildman–Crippen MR) is 101 cm³/mol. The molecule has 2 atom stereocenters. The number of ether oxygens (including phenoxy) is 1.